The largest absolute Gasteiger partial charge is 0.354 e. The van der Waals surface area contributed by atoms with E-state index in [4.69, 9.17) is 11.6 Å². The number of hydrogen-bond donors (Lipinski definition) is 0. The van der Waals surface area contributed by atoms with Crippen molar-refractivity contribution in [2.45, 2.75) is 52.0 Å². The van der Waals surface area contributed by atoms with Gasteiger partial charge in [0.25, 0.3) is 0 Å². The van der Waals surface area contributed by atoms with Crippen molar-refractivity contribution in [2.24, 2.45) is 0 Å². The van der Waals surface area contributed by atoms with Gasteiger partial charge in [-0.2, -0.15) is 0 Å². The Hall–Kier alpha value is -0.830. The third-order valence-electron chi connectivity index (χ3n) is 3.46. The van der Waals surface area contributed by atoms with Crippen molar-refractivity contribution in [1.82, 2.24) is 9.97 Å². The summed E-state index contributed by atoms with van der Waals surface area (Å²) >= 11 is 5.94. The summed E-state index contributed by atoms with van der Waals surface area (Å²) in [7, 11) is 0. The number of aryl methyl sites for hydroxylation is 1. The number of aromatic nitrogens is 2. The molecule has 1 aliphatic carbocycles. The summed E-state index contributed by atoms with van der Waals surface area (Å²) < 4.78 is 0. The minimum Gasteiger partial charge on any atom is -0.354 e. The van der Waals surface area contributed by atoms with Gasteiger partial charge in [-0.05, 0) is 38.3 Å². The van der Waals surface area contributed by atoms with Crippen LogP contribution in [-0.2, 0) is 0 Å². The van der Waals surface area contributed by atoms with E-state index in [1.807, 2.05) is 13.0 Å². The number of halogens is 1. The normalized spacial score (nSPS) is 17.1. The first-order valence-electron chi connectivity index (χ1n) is 6.48. The van der Waals surface area contributed by atoms with Crippen molar-refractivity contribution >= 4 is 17.4 Å². The fraction of sp³-hybridized carbons (Fsp3) is 0.692. The SMILES string of the molecule is CCN(c1cc(C)nc(Cl)n1)C1CCCCC1. The van der Waals surface area contributed by atoms with Crippen LogP contribution in [0.25, 0.3) is 0 Å². The van der Waals surface area contributed by atoms with E-state index in [1.54, 1.807) is 0 Å². The highest BCUT2D eigenvalue weighted by Gasteiger charge is 2.21. The topological polar surface area (TPSA) is 29.0 Å². The van der Waals surface area contributed by atoms with Gasteiger partial charge in [-0.1, -0.05) is 19.3 Å². The van der Waals surface area contributed by atoms with Gasteiger partial charge in [0.05, 0.1) is 0 Å². The molecule has 3 nitrogen and oxygen atoms in total. The molecule has 1 aromatic heterocycles. The Balaban J connectivity index is 2.21. The van der Waals surface area contributed by atoms with Crippen LogP contribution >= 0.6 is 11.6 Å². The van der Waals surface area contributed by atoms with Crippen LogP contribution in [0, 0.1) is 6.92 Å². The highest BCUT2D eigenvalue weighted by Crippen LogP contribution is 2.26. The average Bonchev–Trinajstić information content (AvgIpc) is 2.30. The summed E-state index contributed by atoms with van der Waals surface area (Å²) in [5, 5.41) is 0.356. The molecule has 0 atom stereocenters. The van der Waals surface area contributed by atoms with Crippen molar-refractivity contribution in [3.05, 3.63) is 17.0 Å². The minimum absolute atomic E-state index is 0.356. The van der Waals surface area contributed by atoms with E-state index in [1.165, 1.54) is 32.1 Å². The fourth-order valence-electron chi connectivity index (χ4n) is 2.66. The molecule has 2 rings (SSSR count). The van der Waals surface area contributed by atoms with Crippen LogP contribution < -0.4 is 4.90 Å². The van der Waals surface area contributed by atoms with Crippen LogP contribution in [-0.4, -0.2) is 22.6 Å². The summed E-state index contributed by atoms with van der Waals surface area (Å²) in [6.07, 6.45) is 6.58. The maximum atomic E-state index is 5.94. The molecule has 0 bridgehead atoms. The van der Waals surface area contributed by atoms with Crippen molar-refractivity contribution in [1.29, 1.82) is 0 Å². The molecule has 0 aliphatic heterocycles. The van der Waals surface area contributed by atoms with Gasteiger partial charge in [0.1, 0.15) is 5.82 Å². The molecular formula is C13H20ClN3. The van der Waals surface area contributed by atoms with Crippen molar-refractivity contribution < 1.29 is 0 Å². The lowest BCUT2D eigenvalue weighted by Gasteiger charge is -2.34. The molecular weight excluding hydrogens is 234 g/mol. The molecule has 0 unspecified atom stereocenters. The van der Waals surface area contributed by atoms with Crippen LogP contribution in [0.5, 0.6) is 0 Å². The molecule has 1 fully saturated rings. The Morgan fingerprint density at radius 2 is 2.00 bits per heavy atom. The highest BCUT2D eigenvalue weighted by atomic mass is 35.5. The lowest BCUT2D eigenvalue weighted by Crippen LogP contribution is -2.37. The maximum Gasteiger partial charge on any atom is 0.224 e. The van der Waals surface area contributed by atoms with Crippen molar-refractivity contribution in [3.8, 4) is 0 Å². The zero-order valence-electron chi connectivity index (χ0n) is 10.6. The second-order valence-electron chi connectivity index (χ2n) is 4.71. The Morgan fingerprint density at radius 3 is 2.59 bits per heavy atom. The molecule has 0 radical (unpaired) electrons. The first-order chi connectivity index (χ1) is 8.20. The van der Waals surface area contributed by atoms with Crippen LogP contribution in [0.1, 0.15) is 44.7 Å². The lowest BCUT2D eigenvalue weighted by atomic mass is 9.94. The van der Waals surface area contributed by atoms with Gasteiger partial charge < -0.3 is 4.90 Å². The molecule has 0 aromatic carbocycles. The van der Waals surface area contributed by atoms with E-state index < -0.39 is 0 Å². The predicted octanol–water partition coefficient (Wildman–Crippen LogP) is 3.60. The van der Waals surface area contributed by atoms with E-state index in [2.05, 4.69) is 21.8 Å². The van der Waals surface area contributed by atoms with Gasteiger partial charge in [0, 0.05) is 24.3 Å². The molecule has 4 heteroatoms. The second-order valence-corrected chi connectivity index (χ2v) is 5.05. The van der Waals surface area contributed by atoms with E-state index in [-0.39, 0.29) is 0 Å². The molecule has 94 valence electrons. The van der Waals surface area contributed by atoms with E-state index in [0.717, 1.165) is 18.1 Å². The molecule has 0 amide bonds. The fourth-order valence-corrected chi connectivity index (χ4v) is 2.88. The zero-order chi connectivity index (χ0) is 12.3. The molecule has 17 heavy (non-hydrogen) atoms. The Morgan fingerprint density at radius 1 is 1.29 bits per heavy atom. The summed E-state index contributed by atoms with van der Waals surface area (Å²) in [4.78, 5) is 10.9. The van der Waals surface area contributed by atoms with E-state index >= 15 is 0 Å². The molecule has 1 aromatic rings. The van der Waals surface area contributed by atoms with E-state index in [0.29, 0.717) is 11.3 Å². The standard InChI is InChI=1S/C13H20ClN3/c1-3-17(11-7-5-4-6-8-11)12-9-10(2)15-13(14)16-12/h9,11H,3-8H2,1-2H3. The quantitative estimate of drug-likeness (QED) is 0.771. The van der Waals surface area contributed by atoms with Gasteiger partial charge >= 0.3 is 0 Å². The number of hydrogen-bond acceptors (Lipinski definition) is 3. The molecule has 1 heterocycles. The van der Waals surface area contributed by atoms with Gasteiger partial charge in [-0.25, -0.2) is 9.97 Å². The van der Waals surface area contributed by atoms with Crippen LogP contribution in [0.2, 0.25) is 5.28 Å². The smallest absolute Gasteiger partial charge is 0.224 e. The monoisotopic (exact) mass is 253 g/mol. The molecule has 1 aliphatic rings. The Bertz CT molecular complexity index is 355. The van der Waals surface area contributed by atoms with Gasteiger partial charge in [0.2, 0.25) is 5.28 Å². The first kappa shape index (κ1) is 12.6. The second kappa shape index (κ2) is 5.67. The summed E-state index contributed by atoms with van der Waals surface area (Å²) in [5.41, 5.74) is 0.939. The predicted molar refractivity (Wildman–Crippen MR) is 71.7 cm³/mol. The van der Waals surface area contributed by atoms with Crippen LogP contribution in [0.3, 0.4) is 0 Å². The number of nitrogens with zero attached hydrogens (tertiary/aromatic N) is 3. The highest BCUT2D eigenvalue weighted by molar-refractivity contribution is 6.28. The third-order valence-corrected chi connectivity index (χ3v) is 3.63. The van der Waals surface area contributed by atoms with Crippen LogP contribution in [0.15, 0.2) is 6.07 Å². The Labute approximate surface area is 108 Å². The minimum atomic E-state index is 0.356. The number of rotatable bonds is 3. The Kier molecular flexibility index (Phi) is 4.21. The molecule has 0 saturated heterocycles. The average molecular weight is 254 g/mol. The van der Waals surface area contributed by atoms with Crippen LogP contribution in [0.4, 0.5) is 5.82 Å². The molecule has 0 spiro atoms. The molecule has 0 N–H and O–H groups in total. The molecule has 1 saturated carbocycles. The van der Waals surface area contributed by atoms with E-state index in [9.17, 15) is 0 Å². The van der Waals surface area contributed by atoms with Gasteiger partial charge in [-0.3, -0.25) is 0 Å². The van der Waals surface area contributed by atoms with Crippen molar-refractivity contribution in [3.63, 3.8) is 0 Å². The van der Waals surface area contributed by atoms with Gasteiger partial charge in [0.15, 0.2) is 0 Å². The summed E-state index contributed by atoms with van der Waals surface area (Å²) in [6, 6.07) is 2.66. The first-order valence-corrected chi connectivity index (χ1v) is 6.86. The maximum absolute atomic E-state index is 5.94. The summed E-state index contributed by atoms with van der Waals surface area (Å²) in [5.74, 6) is 0.983. The summed E-state index contributed by atoms with van der Waals surface area (Å²) in [6.45, 7) is 5.13. The van der Waals surface area contributed by atoms with Crippen molar-refractivity contribution in [2.75, 3.05) is 11.4 Å². The zero-order valence-corrected chi connectivity index (χ0v) is 11.4. The van der Waals surface area contributed by atoms with Gasteiger partial charge in [-0.15, -0.1) is 0 Å². The number of anilines is 1. The lowest BCUT2D eigenvalue weighted by molar-refractivity contribution is 0.416. The third kappa shape index (κ3) is 3.09.